The average Bonchev–Trinajstić information content (AvgIpc) is 2.83. The van der Waals surface area contributed by atoms with E-state index in [1.165, 1.54) is 24.3 Å². The number of halogens is 1. The lowest BCUT2D eigenvalue weighted by atomic mass is 9.98. The van der Waals surface area contributed by atoms with Crippen LogP contribution in [-0.4, -0.2) is 29.1 Å². The molecular formula is C26H23FN2O4. The maximum absolute atomic E-state index is 13.3. The van der Waals surface area contributed by atoms with Gasteiger partial charge in [-0.3, -0.25) is 10.1 Å². The summed E-state index contributed by atoms with van der Waals surface area (Å²) in [5, 5.41) is 21.3. The van der Waals surface area contributed by atoms with Gasteiger partial charge in [0.2, 0.25) is 0 Å². The van der Waals surface area contributed by atoms with E-state index in [9.17, 15) is 24.4 Å². The van der Waals surface area contributed by atoms with Crippen LogP contribution in [0.15, 0.2) is 60.7 Å². The van der Waals surface area contributed by atoms with E-state index < -0.39 is 5.97 Å². The molecule has 1 fully saturated rings. The number of carboxylic acid groups (broad SMARTS) is 1. The minimum Gasteiger partial charge on any atom is -0.478 e. The third-order valence-electron chi connectivity index (χ3n) is 5.81. The Kier molecular flexibility index (Phi) is 6.49. The number of carbonyl (C=O) groups is 1. The van der Waals surface area contributed by atoms with Crippen LogP contribution in [0.5, 0.6) is 0 Å². The number of carboxylic acids is 1. The number of hydrogen-bond acceptors (Lipinski definition) is 4. The molecule has 1 saturated heterocycles. The lowest BCUT2D eigenvalue weighted by Crippen LogP contribution is -2.29. The number of nitro benzene ring substituents is 1. The summed E-state index contributed by atoms with van der Waals surface area (Å²) >= 11 is 0. The van der Waals surface area contributed by atoms with Gasteiger partial charge in [0.25, 0.3) is 5.69 Å². The van der Waals surface area contributed by atoms with E-state index in [4.69, 9.17) is 0 Å². The SMILES string of the molecule is O=C(O)c1ccc(-c2ccc(F)cc2)cc1/C=C/c1ccc(N2CCCCC2)c([N+](=O)[O-])c1. The molecule has 6 nitrogen and oxygen atoms in total. The van der Waals surface area contributed by atoms with Crippen molar-refractivity contribution in [2.45, 2.75) is 19.3 Å². The highest BCUT2D eigenvalue weighted by Crippen LogP contribution is 2.32. The molecule has 3 aromatic rings. The minimum absolute atomic E-state index is 0.0394. The van der Waals surface area contributed by atoms with Crippen molar-refractivity contribution in [3.63, 3.8) is 0 Å². The molecule has 1 aliphatic rings. The van der Waals surface area contributed by atoms with Gasteiger partial charge in [-0.2, -0.15) is 0 Å². The summed E-state index contributed by atoms with van der Waals surface area (Å²) in [7, 11) is 0. The standard InChI is InChI=1S/C26H23FN2O4/c27-22-10-7-19(8-11-22)20-9-12-23(26(30)31)21(17-20)6-4-18-5-13-24(25(16-18)29(32)33)28-14-2-1-3-15-28/h4-13,16-17H,1-3,14-15H2,(H,30,31)/b6-4+. The molecule has 7 heteroatoms. The fourth-order valence-corrected chi connectivity index (χ4v) is 4.10. The molecular weight excluding hydrogens is 423 g/mol. The fraction of sp³-hybridized carbons (Fsp3) is 0.192. The number of piperidine rings is 1. The fourth-order valence-electron chi connectivity index (χ4n) is 4.10. The first-order valence-corrected chi connectivity index (χ1v) is 10.8. The summed E-state index contributed by atoms with van der Waals surface area (Å²) in [6.45, 7) is 1.60. The minimum atomic E-state index is -1.08. The molecule has 1 N–H and O–H groups in total. The molecule has 0 aromatic heterocycles. The van der Waals surface area contributed by atoms with Crippen molar-refractivity contribution in [1.29, 1.82) is 0 Å². The van der Waals surface area contributed by atoms with Crippen molar-refractivity contribution in [1.82, 2.24) is 0 Å². The summed E-state index contributed by atoms with van der Waals surface area (Å²) in [4.78, 5) is 25.1. The van der Waals surface area contributed by atoms with Crippen molar-refractivity contribution >= 4 is 29.5 Å². The maximum atomic E-state index is 13.3. The van der Waals surface area contributed by atoms with Gasteiger partial charge in [0.05, 0.1) is 10.5 Å². The second-order valence-corrected chi connectivity index (χ2v) is 8.00. The summed E-state index contributed by atoms with van der Waals surface area (Å²) in [5.41, 5.74) is 3.31. The summed E-state index contributed by atoms with van der Waals surface area (Å²) in [5.74, 6) is -1.43. The van der Waals surface area contributed by atoms with Crippen molar-refractivity contribution in [2.75, 3.05) is 18.0 Å². The Morgan fingerprint density at radius 2 is 1.64 bits per heavy atom. The molecule has 4 rings (SSSR count). The first-order chi connectivity index (χ1) is 15.9. The number of rotatable bonds is 6. The van der Waals surface area contributed by atoms with Gasteiger partial charge in [0, 0.05) is 19.2 Å². The highest BCUT2D eigenvalue weighted by Gasteiger charge is 2.21. The van der Waals surface area contributed by atoms with E-state index in [1.807, 2.05) is 4.90 Å². The maximum Gasteiger partial charge on any atom is 0.336 e. The second-order valence-electron chi connectivity index (χ2n) is 8.00. The van der Waals surface area contributed by atoms with Gasteiger partial charge in [-0.05, 0) is 71.8 Å². The lowest BCUT2D eigenvalue weighted by molar-refractivity contribution is -0.384. The third kappa shape index (κ3) is 5.09. The Morgan fingerprint density at radius 3 is 2.30 bits per heavy atom. The molecule has 0 amide bonds. The number of benzene rings is 3. The van der Waals surface area contributed by atoms with Gasteiger partial charge in [0.15, 0.2) is 0 Å². The van der Waals surface area contributed by atoms with Crippen LogP contribution in [0.1, 0.15) is 40.7 Å². The van der Waals surface area contributed by atoms with Crippen LogP contribution in [0.4, 0.5) is 15.8 Å². The van der Waals surface area contributed by atoms with E-state index in [0.717, 1.165) is 43.5 Å². The third-order valence-corrected chi connectivity index (χ3v) is 5.81. The highest BCUT2D eigenvalue weighted by molar-refractivity contribution is 5.94. The zero-order valence-corrected chi connectivity index (χ0v) is 17.9. The topological polar surface area (TPSA) is 83.7 Å². The van der Waals surface area contributed by atoms with Crippen LogP contribution in [0.2, 0.25) is 0 Å². The number of nitrogens with zero attached hydrogens (tertiary/aromatic N) is 2. The Hall–Kier alpha value is -4.00. The van der Waals surface area contributed by atoms with Gasteiger partial charge in [-0.1, -0.05) is 36.4 Å². The molecule has 0 saturated carbocycles. The number of nitro groups is 1. The van der Waals surface area contributed by atoms with Gasteiger partial charge in [-0.25, -0.2) is 9.18 Å². The quantitative estimate of drug-likeness (QED) is 0.274. The van der Waals surface area contributed by atoms with E-state index >= 15 is 0 Å². The highest BCUT2D eigenvalue weighted by atomic mass is 19.1. The van der Waals surface area contributed by atoms with E-state index in [0.29, 0.717) is 16.8 Å². The largest absolute Gasteiger partial charge is 0.478 e. The van der Waals surface area contributed by atoms with Crippen LogP contribution >= 0.6 is 0 Å². The molecule has 0 radical (unpaired) electrons. The molecule has 0 unspecified atom stereocenters. The van der Waals surface area contributed by atoms with Crippen LogP contribution < -0.4 is 4.90 Å². The summed E-state index contributed by atoms with van der Waals surface area (Å²) in [6.07, 6.45) is 6.47. The normalized spacial score (nSPS) is 13.9. The molecule has 168 valence electrons. The number of aromatic carboxylic acids is 1. The van der Waals surface area contributed by atoms with Gasteiger partial charge in [-0.15, -0.1) is 0 Å². The first-order valence-electron chi connectivity index (χ1n) is 10.8. The predicted octanol–water partition coefficient (Wildman–Crippen LogP) is 6.26. The van der Waals surface area contributed by atoms with Crippen molar-refractivity contribution in [3.8, 4) is 11.1 Å². The molecule has 33 heavy (non-hydrogen) atoms. The number of hydrogen-bond donors (Lipinski definition) is 1. The van der Waals surface area contributed by atoms with E-state index in [1.54, 1.807) is 48.6 Å². The molecule has 3 aromatic carbocycles. The Balaban J connectivity index is 1.68. The second kappa shape index (κ2) is 9.65. The molecule has 0 spiro atoms. The van der Waals surface area contributed by atoms with Crippen molar-refractivity contribution in [2.24, 2.45) is 0 Å². The monoisotopic (exact) mass is 446 g/mol. The van der Waals surface area contributed by atoms with E-state index in [2.05, 4.69) is 0 Å². The molecule has 0 bridgehead atoms. The van der Waals surface area contributed by atoms with Crippen LogP contribution in [-0.2, 0) is 0 Å². The average molecular weight is 446 g/mol. The molecule has 1 heterocycles. The predicted molar refractivity (Wildman–Crippen MR) is 127 cm³/mol. The van der Waals surface area contributed by atoms with Crippen molar-refractivity contribution in [3.05, 3.63) is 93.3 Å². The molecule has 0 aliphatic carbocycles. The Labute approximate surface area is 190 Å². The summed E-state index contributed by atoms with van der Waals surface area (Å²) in [6, 6.07) is 15.9. The summed E-state index contributed by atoms with van der Waals surface area (Å²) < 4.78 is 13.3. The first kappa shape index (κ1) is 22.2. The number of anilines is 1. The van der Waals surface area contributed by atoms with Crippen LogP contribution in [0.3, 0.4) is 0 Å². The Bertz CT molecular complexity index is 1220. The molecule has 0 atom stereocenters. The zero-order chi connectivity index (χ0) is 23.4. The van der Waals surface area contributed by atoms with E-state index in [-0.39, 0.29) is 22.0 Å². The van der Waals surface area contributed by atoms with Gasteiger partial charge in [0.1, 0.15) is 11.5 Å². The Morgan fingerprint density at radius 1 is 0.939 bits per heavy atom. The van der Waals surface area contributed by atoms with Gasteiger partial charge >= 0.3 is 5.97 Å². The smallest absolute Gasteiger partial charge is 0.336 e. The van der Waals surface area contributed by atoms with Crippen LogP contribution in [0, 0.1) is 15.9 Å². The van der Waals surface area contributed by atoms with Gasteiger partial charge < -0.3 is 10.0 Å². The zero-order valence-electron chi connectivity index (χ0n) is 17.9. The van der Waals surface area contributed by atoms with Crippen molar-refractivity contribution < 1.29 is 19.2 Å². The molecule has 1 aliphatic heterocycles. The van der Waals surface area contributed by atoms with Crippen LogP contribution in [0.25, 0.3) is 23.3 Å². The lowest BCUT2D eigenvalue weighted by Gasteiger charge is -2.28.